The maximum Gasteiger partial charge on any atom is 0.340 e. The number of halogens is 1. The molecule has 7 heteroatoms. The van der Waals surface area contributed by atoms with Crippen molar-refractivity contribution in [2.45, 2.75) is 6.92 Å². The molecule has 1 heterocycles. The number of allylic oxidation sites excluding steroid dienone is 1. The van der Waals surface area contributed by atoms with E-state index >= 15 is 0 Å². The van der Waals surface area contributed by atoms with Crippen molar-refractivity contribution in [3.63, 3.8) is 0 Å². The minimum absolute atomic E-state index is 0.0237. The SMILES string of the molecule is COC(=O)C1=C(C)N(c2cccc(Br)c2)C(=O)/C1=C\c1ccc(C(=O)[O-])cc1. The van der Waals surface area contributed by atoms with E-state index in [1.807, 2.05) is 6.07 Å². The number of carboxylic acids is 1. The van der Waals surface area contributed by atoms with E-state index in [0.717, 1.165) is 4.47 Å². The third-order valence-electron chi connectivity index (χ3n) is 4.31. The molecular formula is C21H15BrNO5-. The zero-order valence-corrected chi connectivity index (χ0v) is 16.6. The molecule has 0 unspecified atom stereocenters. The van der Waals surface area contributed by atoms with Gasteiger partial charge in [0, 0.05) is 10.2 Å². The molecule has 2 aromatic carbocycles. The molecule has 2 aromatic rings. The molecule has 0 fully saturated rings. The maximum absolute atomic E-state index is 13.1. The van der Waals surface area contributed by atoms with E-state index in [1.165, 1.54) is 42.4 Å². The number of benzene rings is 2. The molecule has 142 valence electrons. The Morgan fingerprint density at radius 3 is 2.39 bits per heavy atom. The summed E-state index contributed by atoms with van der Waals surface area (Å²) in [5, 5.41) is 10.9. The van der Waals surface area contributed by atoms with E-state index in [0.29, 0.717) is 16.9 Å². The van der Waals surface area contributed by atoms with Crippen LogP contribution in [0, 0.1) is 0 Å². The third-order valence-corrected chi connectivity index (χ3v) is 4.81. The van der Waals surface area contributed by atoms with Crippen LogP contribution in [0.4, 0.5) is 5.69 Å². The van der Waals surface area contributed by atoms with Crippen LogP contribution >= 0.6 is 15.9 Å². The van der Waals surface area contributed by atoms with Crippen LogP contribution in [0.2, 0.25) is 0 Å². The second-order valence-electron chi connectivity index (χ2n) is 6.04. The van der Waals surface area contributed by atoms with Gasteiger partial charge in [-0.05, 0) is 42.3 Å². The first-order chi connectivity index (χ1) is 13.3. The summed E-state index contributed by atoms with van der Waals surface area (Å²) in [6.45, 7) is 1.67. The maximum atomic E-state index is 13.1. The predicted octanol–water partition coefficient (Wildman–Crippen LogP) is 2.69. The lowest BCUT2D eigenvalue weighted by atomic mass is 10.0. The molecule has 0 saturated carbocycles. The number of carbonyl (C=O) groups is 3. The first-order valence-corrected chi connectivity index (χ1v) is 9.05. The van der Waals surface area contributed by atoms with Crippen LogP contribution in [0.5, 0.6) is 0 Å². The molecule has 0 atom stereocenters. The first kappa shape index (κ1) is 19.6. The Balaban J connectivity index is 2.10. The van der Waals surface area contributed by atoms with Crippen molar-refractivity contribution in [1.82, 2.24) is 0 Å². The first-order valence-electron chi connectivity index (χ1n) is 8.26. The van der Waals surface area contributed by atoms with Gasteiger partial charge in [-0.1, -0.05) is 46.3 Å². The Kier molecular flexibility index (Phi) is 5.46. The number of hydrogen-bond donors (Lipinski definition) is 0. The largest absolute Gasteiger partial charge is 0.545 e. The van der Waals surface area contributed by atoms with E-state index in [1.54, 1.807) is 25.1 Å². The van der Waals surface area contributed by atoms with Gasteiger partial charge >= 0.3 is 5.97 Å². The average Bonchev–Trinajstić information content (AvgIpc) is 2.91. The highest BCUT2D eigenvalue weighted by atomic mass is 79.9. The van der Waals surface area contributed by atoms with E-state index < -0.39 is 11.9 Å². The molecule has 1 aliphatic heterocycles. The molecule has 0 radical (unpaired) electrons. The van der Waals surface area contributed by atoms with Crippen molar-refractivity contribution in [3.8, 4) is 0 Å². The quantitative estimate of drug-likeness (QED) is 0.538. The molecule has 0 saturated heterocycles. The number of hydrogen-bond acceptors (Lipinski definition) is 5. The molecule has 28 heavy (non-hydrogen) atoms. The predicted molar refractivity (Wildman–Crippen MR) is 105 cm³/mol. The molecule has 1 amide bonds. The Bertz CT molecular complexity index is 1040. The van der Waals surface area contributed by atoms with Crippen molar-refractivity contribution in [3.05, 3.63) is 81.0 Å². The van der Waals surface area contributed by atoms with Crippen molar-refractivity contribution in [2.24, 2.45) is 0 Å². The van der Waals surface area contributed by atoms with E-state index in [-0.39, 0.29) is 22.6 Å². The van der Waals surface area contributed by atoms with Crippen LogP contribution in [0.25, 0.3) is 6.08 Å². The minimum atomic E-state index is -1.29. The fourth-order valence-electron chi connectivity index (χ4n) is 2.99. The van der Waals surface area contributed by atoms with Crippen LogP contribution in [-0.2, 0) is 14.3 Å². The van der Waals surface area contributed by atoms with E-state index in [2.05, 4.69) is 15.9 Å². The van der Waals surface area contributed by atoms with Crippen molar-refractivity contribution < 1.29 is 24.2 Å². The Morgan fingerprint density at radius 2 is 1.82 bits per heavy atom. The van der Waals surface area contributed by atoms with Crippen molar-refractivity contribution in [1.29, 1.82) is 0 Å². The van der Waals surface area contributed by atoms with Gasteiger partial charge in [0.1, 0.15) is 0 Å². The molecule has 0 N–H and O–H groups in total. The normalized spacial score (nSPS) is 15.3. The summed E-state index contributed by atoms with van der Waals surface area (Å²) in [4.78, 5) is 37.8. The van der Waals surface area contributed by atoms with Gasteiger partial charge in [-0.3, -0.25) is 9.69 Å². The van der Waals surface area contributed by atoms with Gasteiger partial charge in [0.25, 0.3) is 5.91 Å². The lowest BCUT2D eigenvalue weighted by molar-refractivity contribution is -0.255. The number of anilines is 1. The summed E-state index contributed by atoms with van der Waals surface area (Å²) >= 11 is 3.38. The lowest BCUT2D eigenvalue weighted by Crippen LogP contribution is -2.24. The Morgan fingerprint density at radius 1 is 1.14 bits per heavy atom. The van der Waals surface area contributed by atoms with Gasteiger partial charge < -0.3 is 14.6 Å². The van der Waals surface area contributed by atoms with Crippen LogP contribution < -0.4 is 10.0 Å². The standard InChI is InChI=1S/C21H16BrNO5/c1-12-18(21(27)28-2)17(10-13-6-8-14(9-7-13)20(25)26)19(24)23(12)16-5-3-4-15(22)11-16/h3-11H,1-2H3,(H,25,26)/p-1/b17-10-. The highest BCUT2D eigenvalue weighted by Crippen LogP contribution is 2.36. The molecule has 0 aromatic heterocycles. The average molecular weight is 441 g/mol. The number of methoxy groups -OCH3 is 1. The number of carbonyl (C=O) groups excluding carboxylic acids is 3. The highest BCUT2D eigenvalue weighted by Gasteiger charge is 2.37. The van der Waals surface area contributed by atoms with Gasteiger partial charge in [0.05, 0.1) is 29.9 Å². The molecule has 1 aliphatic rings. The second kappa shape index (κ2) is 7.82. The third kappa shape index (κ3) is 3.61. The second-order valence-corrected chi connectivity index (χ2v) is 6.96. The molecule has 3 rings (SSSR count). The molecular weight excluding hydrogens is 426 g/mol. The van der Waals surface area contributed by atoms with Crippen molar-refractivity contribution >= 4 is 45.5 Å². The summed E-state index contributed by atoms with van der Waals surface area (Å²) < 4.78 is 5.66. The number of nitrogens with zero attached hydrogens (tertiary/aromatic N) is 1. The topological polar surface area (TPSA) is 86.7 Å². The van der Waals surface area contributed by atoms with Crippen LogP contribution in [0.1, 0.15) is 22.8 Å². The number of amides is 1. The number of esters is 1. The lowest BCUT2D eigenvalue weighted by Gasteiger charge is -2.18. The highest BCUT2D eigenvalue weighted by molar-refractivity contribution is 9.10. The number of ether oxygens (including phenoxy) is 1. The fraction of sp³-hybridized carbons (Fsp3) is 0.0952. The molecule has 0 spiro atoms. The smallest absolute Gasteiger partial charge is 0.340 e. The summed E-state index contributed by atoms with van der Waals surface area (Å²) in [6, 6.07) is 13.0. The zero-order chi connectivity index (χ0) is 20.4. The summed E-state index contributed by atoms with van der Waals surface area (Å²) in [6.07, 6.45) is 1.54. The molecule has 6 nitrogen and oxygen atoms in total. The summed E-state index contributed by atoms with van der Waals surface area (Å²) in [5.41, 5.74) is 1.98. The summed E-state index contributed by atoms with van der Waals surface area (Å²) in [5.74, 6) is -2.29. The number of rotatable bonds is 4. The van der Waals surface area contributed by atoms with Crippen LogP contribution in [0.3, 0.4) is 0 Å². The van der Waals surface area contributed by atoms with Gasteiger partial charge in [-0.15, -0.1) is 0 Å². The van der Waals surface area contributed by atoms with Gasteiger partial charge in [0.15, 0.2) is 0 Å². The summed E-state index contributed by atoms with van der Waals surface area (Å²) in [7, 11) is 1.25. The zero-order valence-electron chi connectivity index (χ0n) is 15.1. The number of carboxylic acid groups (broad SMARTS) is 1. The van der Waals surface area contributed by atoms with Crippen molar-refractivity contribution in [2.75, 3.05) is 12.0 Å². The number of aromatic carboxylic acids is 1. The fourth-order valence-corrected chi connectivity index (χ4v) is 3.38. The minimum Gasteiger partial charge on any atom is -0.545 e. The molecule has 0 bridgehead atoms. The van der Waals surface area contributed by atoms with Crippen LogP contribution in [0.15, 0.2) is 69.8 Å². The Hall–Kier alpha value is -3.19. The monoisotopic (exact) mass is 440 g/mol. The molecule has 0 aliphatic carbocycles. The van der Waals surface area contributed by atoms with Crippen LogP contribution in [-0.4, -0.2) is 25.0 Å². The van der Waals surface area contributed by atoms with Gasteiger partial charge in [-0.2, -0.15) is 0 Å². The Labute approximate surface area is 169 Å². The van der Waals surface area contributed by atoms with Gasteiger partial charge in [-0.25, -0.2) is 4.79 Å². The van der Waals surface area contributed by atoms with Gasteiger partial charge in [0.2, 0.25) is 0 Å². The van der Waals surface area contributed by atoms with E-state index in [4.69, 9.17) is 4.74 Å². The van der Waals surface area contributed by atoms with E-state index in [9.17, 15) is 19.5 Å².